The van der Waals surface area contributed by atoms with E-state index in [0.717, 1.165) is 0 Å². The number of benzene rings is 2. The summed E-state index contributed by atoms with van der Waals surface area (Å²) in [5.74, 6) is 0.630. The lowest BCUT2D eigenvalue weighted by molar-refractivity contribution is 0.0921. The molecule has 0 saturated heterocycles. The van der Waals surface area contributed by atoms with Crippen molar-refractivity contribution < 1.29 is 9.53 Å². The van der Waals surface area contributed by atoms with Gasteiger partial charge in [-0.05, 0) is 36.4 Å². The van der Waals surface area contributed by atoms with Gasteiger partial charge in [-0.25, -0.2) is 0 Å². The zero-order valence-corrected chi connectivity index (χ0v) is 9.30. The summed E-state index contributed by atoms with van der Waals surface area (Å²) in [6.07, 6.45) is 0. The summed E-state index contributed by atoms with van der Waals surface area (Å²) in [7, 11) is 0. The fourth-order valence-corrected chi connectivity index (χ4v) is 1.42. The Morgan fingerprint density at radius 3 is 2.29 bits per heavy atom. The topological polar surface area (TPSA) is 52.3 Å². The molecule has 0 aromatic heterocycles. The Hall–Kier alpha value is -2.29. The van der Waals surface area contributed by atoms with Crippen molar-refractivity contribution >= 4 is 11.5 Å². The van der Waals surface area contributed by atoms with Gasteiger partial charge in [-0.2, -0.15) is 0 Å². The molecule has 0 aliphatic heterocycles. The summed E-state index contributed by atoms with van der Waals surface area (Å²) >= 11 is 0. The Labute approximate surface area is 99.8 Å². The van der Waals surface area contributed by atoms with Crippen molar-refractivity contribution in [2.24, 2.45) is 0 Å². The first-order valence-corrected chi connectivity index (χ1v) is 5.32. The van der Waals surface area contributed by atoms with Crippen LogP contribution in [0.3, 0.4) is 0 Å². The van der Waals surface area contributed by atoms with E-state index >= 15 is 0 Å². The summed E-state index contributed by atoms with van der Waals surface area (Å²) in [6.45, 7) is 0.0356. The number of nitrogen functional groups attached to an aromatic ring is 1. The standard InChI is InChI=1S/C14H13NO2/c15-12-8-6-11(7-9-12)14(16)10-17-13-4-2-1-3-5-13/h1-9H,10,15H2. The lowest BCUT2D eigenvalue weighted by atomic mass is 10.1. The molecule has 2 aromatic carbocycles. The van der Waals surface area contributed by atoms with Crippen LogP contribution < -0.4 is 10.5 Å². The van der Waals surface area contributed by atoms with Gasteiger partial charge in [-0.1, -0.05) is 18.2 Å². The van der Waals surface area contributed by atoms with Gasteiger partial charge in [-0.3, -0.25) is 4.79 Å². The summed E-state index contributed by atoms with van der Waals surface area (Å²) in [4.78, 5) is 11.8. The van der Waals surface area contributed by atoms with Gasteiger partial charge >= 0.3 is 0 Å². The van der Waals surface area contributed by atoms with Crippen LogP contribution >= 0.6 is 0 Å². The van der Waals surface area contributed by atoms with Crippen molar-refractivity contribution in [2.75, 3.05) is 12.3 Å². The second kappa shape index (κ2) is 5.16. The van der Waals surface area contributed by atoms with Crippen LogP contribution in [-0.2, 0) is 0 Å². The number of ketones is 1. The Kier molecular flexibility index (Phi) is 3.40. The molecular weight excluding hydrogens is 214 g/mol. The largest absolute Gasteiger partial charge is 0.485 e. The molecule has 3 nitrogen and oxygen atoms in total. The molecule has 0 amide bonds. The second-order valence-corrected chi connectivity index (χ2v) is 3.65. The Bertz CT molecular complexity index is 491. The van der Waals surface area contributed by atoms with E-state index in [0.29, 0.717) is 17.0 Å². The summed E-state index contributed by atoms with van der Waals surface area (Å²) < 4.78 is 5.37. The van der Waals surface area contributed by atoms with Gasteiger partial charge in [-0.15, -0.1) is 0 Å². The maximum absolute atomic E-state index is 11.8. The van der Waals surface area contributed by atoms with Crippen LogP contribution in [0.15, 0.2) is 54.6 Å². The number of rotatable bonds is 4. The molecule has 0 fully saturated rings. The van der Waals surface area contributed by atoms with Gasteiger partial charge in [0.15, 0.2) is 12.4 Å². The lowest BCUT2D eigenvalue weighted by Gasteiger charge is -2.05. The van der Waals surface area contributed by atoms with Gasteiger partial charge in [0.25, 0.3) is 0 Å². The molecule has 0 heterocycles. The van der Waals surface area contributed by atoms with E-state index in [1.54, 1.807) is 24.3 Å². The van der Waals surface area contributed by atoms with E-state index in [-0.39, 0.29) is 12.4 Å². The van der Waals surface area contributed by atoms with Crippen molar-refractivity contribution in [2.45, 2.75) is 0 Å². The number of hydrogen-bond donors (Lipinski definition) is 1. The van der Waals surface area contributed by atoms with E-state index < -0.39 is 0 Å². The smallest absolute Gasteiger partial charge is 0.200 e. The van der Waals surface area contributed by atoms with Gasteiger partial charge < -0.3 is 10.5 Å². The fraction of sp³-hybridized carbons (Fsp3) is 0.0714. The van der Waals surface area contributed by atoms with Crippen molar-refractivity contribution in [1.82, 2.24) is 0 Å². The van der Waals surface area contributed by atoms with Gasteiger partial charge in [0.05, 0.1) is 0 Å². The average Bonchev–Trinajstić information content (AvgIpc) is 2.38. The number of nitrogens with two attached hydrogens (primary N) is 1. The van der Waals surface area contributed by atoms with Crippen LogP contribution in [0.5, 0.6) is 5.75 Å². The minimum atomic E-state index is -0.0612. The molecule has 0 aliphatic carbocycles. The van der Waals surface area contributed by atoms with E-state index in [2.05, 4.69) is 0 Å². The molecular formula is C14H13NO2. The van der Waals surface area contributed by atoms with Crippen LogP contribution in [0.1, 0.15) is 10.4 Å². The monoisotopic (exact) mass is 227 g/mol. The minimum absolute atomic E-state index is 0.0356. The average molecular weight is 227 g/mol. The highest BCUT2D eigenvalue weighted by molar-refractivity contribution is 5.97. The third kappa shape index (κ3) is 3.08. The van der Waals surface area contributed by atoms with Crippen LogP contribution in [0, 0.1) is 0 Å². The SMILES string of the molecule is Nc1ccc(C(=O)COc2ccccc2)cc1. The van der Waals surface area contributed by atoms with Crippen LogP contribution in [0.25, 0.3) is 0 Å². The number of anilines is 1. The minimum Gasteiger partial charge on any atom is -0.485 e. The Morgan fingerprint density at radius 1 is 1.00 bits per heavy atom. The normalized spacial score (nSPS) is 9.88. The Balaban J connectivity index is 1.96. The lowest BCUT2D eigenvalue weighted by Crippen LogP contribution is -2.11. The van der Waals surface area contributed by atoms with Gasteiger partial charge in [0, 0.05) is 11.3 Å². The first-order chi connectivity index (χ1) is 8.25. The summed E-state index contributed by atoms with van der Waals surface area (Å²) in [6, 6.07) is 16.1. The molecule has 2 rings (SSSR count). The molecule has 3 heteroatoms. The maximum atomic E-state index is 11.8. The number of carbonyl (C=O) groups excluding carboxylic acids is 1. The molecule has 0 atom stereocenters. The number of carbonyl (C=O) groups is 1. The van der Waals surface area contributed by atoms with E-state index in [4.69, 9.17) is 10.5 Å². The Morgan fingerprint density at radius 2 is 1.65 bits per heavy atom. The number of para-hydroxylation sites is 1. The molecule has 0 unspecified atom stereocenters. The van der Waals surface area contributed by atoms with Crippen molar-refractivity contribution in [1.29, 1.82) is 0 Å². The zero-order chi connectivity index (χ0) is 12.1. The molecule has 0 radical (unpaired) electrons. The highest BCUT2D eigenvalue weighted by atomic mass is 16.5. The highest BCUT2D eigenvalue weighted by Gasteiger charge is 2.06. The summed E-state index contributed by atoms with van der Waals surface area (Å²) in [5.41, 5.74) is 6.80. The second-order valence-electron chi connectivity index (χ2n) is 3.65. The molecule has 0 saturated carbocycles. The van der Waals surface area contributed by atoms with E-state index in [1.165, 1.54) is 0 Å². The van der Waals surface area contributed by atoms with Gasteiger partial charge in [0.1, 0.15) is 5.75 Å². The van der Waals surface area contributed by atoms with E-state index in [9.17, 15) is 4.79 Å². The first-order valence-electron chi connectivity index (χ1n) is 5.32. The van der Waals surface area contributed by atoms with Crippen molar-refractivity contribution in [3.8, 4) is 5.75 Å². The molecule has 2 N–H and O–H groups in total. The number of ether oxygens (including phenoxy) is 1. The van der Waals surface area contributed by atoms with Crippen molar-refractivity contribution in [3.05, 3.63) is 60.2 Å². The molecule has 17 heavy (non-hydrogen) atoms. The third-order valence-corrected chi connectivity index (χ3v) is 2.35. The predicted molar refractivity (Wildman–Crippen MR) is 67.1 cm³/mol. The first kappa shape index (κ1) is 11.2. The van der Waals surface area contributed by atoms with Crippen molar-refractivity contribution in [3.63, 3.8) is 0 Å². The quantitative estimate of drug-likeness (QED) is 0.645. The number of hydrogen-bond acceptors (Lipinski definition) is 3. The number of Topliss-reactive ketones (excluding diaryl/α,β-unsaturated/α-hetero) is 1. The fourth-order valence-electron chi connectivity index (χ4n) is 1.42. The molecule has 0 bridgehead atoms. The third-order valence-electron chi connectivity index (χ3n) is 2.35. The van der Waals surface area contributed by atoms with Crippen LogP contribution in [0.2, 0.25) is 0 Å². The predicted octanol–water partition coefficient (Wildman–Crippen LogP) is 2.53. The zero-order valence-electron chi connectivity index (χ0n) is 9.30. The van der Waals surface area contributed by atoms with Crippen LogP contribution in [-0.4, -0.2) is 12.4 Å². The maximum Gasteiger partial charge on any atom is 0.200 e. The van der Waals surface area contributed by atoms with Crippen LogP contribution in [0.4, 0.5) is 5.69 Å². The van der Waals surface area contributed by atoms with Gasteiger partial charge in [0.2, 0.25) is 0 Å². The molecule has 0 aliphatic rings. The highest BCUT2D eigenvalue weighted by Crippen LogP contribution is 2.10. The molecule has 2 aromatic rings. The summed E-state index contributed by atoms with van der Waals surface area (Å²) in [5, 5.41) is 0. The van der Waals surface area contributed by atoms with E-state index in [1.807, 2.05) is 30.3 Å². The molecule has 86 valence electrons. The molecule has 0 spiro atoms.